The van der Waals surface area contributed by atoms with Crippen LogP contribution in [0.15, 0.2) is 219 Å². The minimum Gasteiger partial charge on any atom is -0.461 e. The molecule has 11 rings (SSSR count). The van der Waals surface area contributed by atoms with Gasteiger partial charge in [-0.15, -0.1) is 0 Å². The van der Waals surface area contributed by atoms with Gasteiger partial charge in [0.2, 0.25) is 0 Å². The highest BCUT2D eigenvalue weighted by atomic mass is 16.5. The van der Waals surface area contributed by atoms with Gasteiger partial charge in [-0.1, -0.05) is 195 Å². The summed E-state index contributed by atoms with van der Waals surface area (Å²) in [6, 6.07) is 67.5. The fourth-order valence-electron chi connectivity index (χ4n) is 10.3. The van der Waals surface area contributed by atoms with Crippen LogP contribution in [0.5, 0.6) is 5.75 Å². The first-order valence-electron chi connectivity index (χ1n) is 19.5. The maximum Gasteiger partial charge on any atom is 0.139 e. The largest absolute Gasteiger partial charge is 0.461 e. The maximum absolute atomic E-state index is 7.21. The molecule has 0 amide bonds. The first kappa shape index (κ1) is 32.5. The molecule has 0 N–H and O–H groups in total. The number of fused-ring (bicyclic) bond motifs is 11. The lowest BCUT2D eigenvalue weighted by Crippen LogP contribution is -2.33. The molecule has 1 unspecified atom stereocenters. The average molecular weight is 715 g/mol. The third kappa shape index (κ3) is 4.43. The molecule has 1 nitrogen and oxygen atoms in total. The van der Waals surface area contributed by atoms with E-state index in [0.29, 0.717) is 6.42 Å². The quantitative estimate of drug-likeness (QED) is 0.161. The summed E-state index contributed by atoms with van der Waals surface area (Å²) in [4.78, 5) is 0. The van der Waals surface area contributed by atoms with Crippen LogP contribution in [0, 0.1) is 0 Å². The molecule has 1 spiro atoms. The van der Waals surface area contributed by atoms with Crippen LogP contribution in [-0.2, 0) is 10.8 Å². The van der Waals surface area contributed by atoms with Gasteiger partial charge >= 0.3 is 0 Å². The Labute approximate surface area is 328 Å². The van der Waals surface area contributed by atoms with Crippen LogP contribution in [0.2, 0.25) is 0 Å². The molecule has 0 radical (unpaired) electrons. The van der Waals surface area contributed by atoms with Gasteiger partial charge < -0.3 is 4.74 Å². The number of para-hydroxylation sites is 1. The lowest BCUT2D eigenvalue weighted by atomic mass is 9.65. The molecule has 8 aromatic carbocycles. The summed E-state index contributed by atoms with van der Waals surface area (Å²) in [5.74, 6) is 1.83. The molecule has 8 aromatic rings. The topological polar surface area (TPSA) is 9.23 Å². The van der Waals surface area contributed by atoms with Gasteiger partial charge in [0.1, 0.15) is 11.5 Å². The van der Waals surface area contributed by atoms with E-state index in [4.69, 9.17) is 4.74 Å². The minimum absolute atomic E-state index is 0.428. The van der Waals surface area contributed by atoms with Crippen LogP contribution >= 0.6 is 0 Å². The van der Waals surface area contributed by atoms with E-state index in [0.717, 1.165) is 22.6 Å². The summed E-state index contributed by atoms with van der Waals surface area (Å²) >= 11 is 0. The highest BCUT2D eigenvalue weighted by Gasteiger charge is 2.51. The third-order valence-corrected chi connectivity index (χ3v) is 12.5. The lowest BCUT2D eigenvalue weighted by molar-refractivity contribution is 0.339. The molecule has 56 heavy (non-hydrogen) atoms. The van der Waals surface area contributed by atoms with Crippen molar-refractivity contribution < 1.29 is 4.74 Å². The van der Waals surface area contributed by atoms with Crippen molar-refractivity contribution in [2.24, 2.45) is 0 Å². The molecule has 1 heteroatoms. The minimum atomic E-state index is -0.596. The second-order valence-corrected chi connectivity index (χ2v) is 15.2. The number of benzene rings is 8. The van der Waals surface area contributed by atoms with Gasteiger partial charge in [-0.25, -0.2) is 0 Å². The first-order valence-corrected chi connectivity index (χ1v) is 19.5. The normalized spacial score (nSPS) is 17.6. The van der Waals surface area contributed by atoms with Crippen molar-refractivity contribution in [1.29, 1.82) is 0 Å². The summed E-state index contributed by atoms with van der Waals surface area (Å²) in [5, 5.41) is 2.48. The molecule has 1 heterocycles. The van der Waals surface area contributed by atoms with Crippen molar-refractivity contribution >= 4 is 10.8 Å². The molecular weight excluding hydrogens is 677 g/mol. The van der Waals surface area contributed by atoms with E-state index in [1.165, 1.54) is 72.0 Å². The summed E-state index contributed by atoms with van der Waals surface area (Å²) in [6.07, 6.45) is 8.67. The van der Waals surface area contributed by atoms with E-state index < -0.39 is 10.8 Å². The van der Waals surface area contributed by atoms with Crippen molar-refractivity contribution in [3.05, 3.63) is 258 Å². The summed E-state index contributed by atoms with van der Waals surface area (Å²) in [5.41, 5.74) is 15.2. The maximum atomic E-state index is 7.21. The molecule has 3 aliphatic rings. The summed E-state index contributed by atoms with van der Waals surface area (Å²) < 4.78 is 7.21. The Balaban J connectivity index is 1.24. The fourth-order valence-corrected chi connectivity index (χ4v) is 10.3. The van der Waals surface area contributed by atoms with Gasteiger partial charge in [0.05, 0.1) is 10.8 Å². The predicted octanol–water partition coefficient (Wildman–Crippen LogP) is 13.6. The summed E-state index contributed by atoms with van der Waals surface area (Å²) in [7, 11) is 0. The van der Waals surface area contributed by atoms with Gasteiger partial charge in [0, 0.05) is 17.5 Å². The van der Waals surface area contributed by atoms with Crippen molar-refractivity contribution in [2.75, 3.05) is 0 Å². The highest BCUT2D eigenvalue weighted by molar-refractivity contribution is 5.97. The van der Waals surface area contributed by atoms with Gasteiger partial charge in [-0.3, -0.25) is 0 Å². The Morgan fingerprint density at radius 2 is 0.929 bits per heavy atom. The van der Waals surface area contributed by atoms with Crippen LogP contribution in [0.3, 0.4) is 0 Å². The van der Waals surface area contributed by atoms with Crippen molar-refractivity contribution in [2.45, 2.75) is 17.3 Å². The lowest BCUT2D eigenvalue weighted by Gasteiger charge is -2.40. The molecule has 1 aliphatic heterocycles. The van der Waals surface area contributed by atoms with E-state index in [1.54, 1.807) is 0 Å². The standard InChI is InChI=1S/C55H38O/c1-2-3-5-23-40-36-54(47-29-14-10-24-41(47)42-25-11-15-30-48(42)54)51-33-18-28-45(53(51)56-40)43-26-12-16-31-49(43)55(39-21-6-4-7-22-39)50-32-17-13-27-44(50)46-34-37-19-8-9-20-38(37)35-52(46)55/h2-35H,1,36H2/b5-3-,40-23+. The SMILES string of the molecule is C=C/C=C\C=C1/CC2(c3ccccc3-c3ccccc32)c2cccc(-c3ccccc3C3(c4ccccc4)c4ccccc4-c4cc5ccccc5cc43)c2O1. The van der Waals surface area contributed by atoms with Crippen LogP contribution < -0.4 is 4.74 Å². The second-order valence-electron chi connectivity index (χ2n) is 15.2. The fraction of sp³-hybridized carbons (Fsp3) is 0.0545. The van der Waals surface area contributed by atoms with E-state index >= 15 is 0 Å². The Morgan fingerprint density at radius 3 is 1.57 bits per heavy atom. The Kier molecular flexibility index (Phi) is 7.28. The van der Waals surface area contributed by atoms with E-state index in [1.807, 2.05) is 18.2 Å². The molecule has 2 aliphatic carbocycles. The van der Waals surface area contributed by atoms with Gasteiger partial charge in [0.15, 0.2) is 0 Å². The van der Waals surface area contributed by atoms with Gasteiger partial charge in [-0.2, -0.15) is 0 Å². The Bertz CT molecular complexity index is 2900. The smallest absolute Gasteiger partial charge is 0.139 e. The monoisotopic (exact) mass is 714 g/mol. The second kappa shape index (κ2) is 12.5. The highest BCUT2D eigenvalue weighted by Crippen LogP contribution is 2.62. The predicted molar refractivity (Wildman–Crippen MR) is 231 cm³/mol. The molecule has 1 atom stereocenters. The molecule has 264 valence electrons. The first-order chi connectivity index (χ1) is 27.7. The van der Waals surface area contributed by atoms with Crippen molar-refractivity contribution in [3.8, 4) is 39.1 Å². The summed E-state index contributed by atoms with van der Waals surface area (Å²) in [6.45, 7) is 3.93. The van der Waals surface area contributed by atoms with Crippen LogP contribution in [0.4, 0.5) is 0 Å². The number of allylic oxidation sites excluding steroid dienone is 5. The molecular formula is C55H38O. The van der Waals surface area contributed by atoms with Crippen LogP contribution in [0.1, 0.15) is 45.4 Å². The number of hydrogen-bond donors (Lipinski definition) is 0. The van der Waals surface area contributed by atoms with Crippen molar-refractivity contribution in [3.63, 3.8) is 0 Å². The Hall–Kier alpha value is -6.96. The third-order valence-electron chi connectivity index (χ3n) is 12.5. The number of rotatable bonds is 5. The zero-order valence-electron chi connectivity index (χ0n) is 31.0. The molecule has 0 fully saturated rings. The molecule has 0 bridgehead atoms. The zero-order chi connectivity index (χ0) is 37.3. The van der Waals surface area contributed by atoms with Gasteiger partial charge in [-0.05, 0) is 90.2 Å². The number of ether oxygens (including phenoxy) is 1. The van der Waals surface area contributed by atoms with Crippen LogP contribution in [0.25, 0.3) is 44.2 Å². The van der Waals surface area contributed by atoms with E-state index in [2.05, 4.69) is 195 Å². The molecule has 0 aromatic heterocycles. The molecule has 0 saturated carbocycles. The van der Waals surface area contributed by atoms with E-state index in [-0.39, 0.29) is 0 Å². The van der Waals surface area contributed by atoms with Gasteiger partial charge in [0.25, 0.3) is 0 Å². The number of hydrogen-bond acceptors (Lipinski definition) is 1. The Morgan fingerprint density at radius 1 is 0.429 bits per heavy atom. The van der Waals surface area contributed by atoms with Crippen molar-refractivity contribution in [1.82, 2.24) is 0 Å². The van der Waals surface area contributed by atoms with E-state index in [9.17, 15) is 0 Å². The zero-order valence-corrected chi connectivity index (χ0v) is 31.0. The average Bonchev–Trinajstić information content (AvgIpc) is 3.70. The molecule has 0 saturated heterocycles. The van der Waals surface area contributed by atoms with Crippen LogP contribution in [-0.4, -0.2) is 0 Å².